The fourth-order valence-electron chi connectivity index (χ4n) is 3.40. The van der Waals surface area contributed by atoms with Crippen molar-refractivity contribution in [3.63, 3.8) is 0 Å². The average Bonchev–Trinajstić information content (AvgIpc) is 3.54. The third-order valence-corrected chi connectivity index (χ3v) is 5.92. The Bertz CT molecular complexity index is 1220. The van der Waals surface area contributed by atoms with E-state index < -0.39 is 0 Å². The predicted molar refractivity (Wildman–Crippen MR) is 117 cm³/mol. The van der Waals surface area contributed by atoms with Crippen LogP contribution in [0.2, 0.25) is 0 Å². The van der Waals surface area contributed by atoms with Crippen LogP contribution < -0.4 is 19.1 Å². The van der Waals surface area contributed by atoms with Gasteiger partial charge in [0.2, 0.25) is 6.79 Å². The summed E-state index contributed by atoms with van der Waals surface area (Å²) in [5.41, 5.74) is 1.26. The third kappa shape index (κ3) is 3.79. The van der Waals surface area contributed by atoms with Crippen LogP contribution in [-0.2, 0) is 6.54 Å². The van der Waals surface area contributed by atoms with E-state index in [0.29, 0.717) is 47.6 Å². The number of fused-ring (bicyclic) bond motifs is 2. The normalized spacial score (nSPS) is 12.3. The molecule has 0 spiro atoms. The van der Waals surface area contributed by atoms with Crippen molar-refractivity contribution in [2.24, 2.45) is 0 Å². The Morgan fingerprint density at radius 2 is 2.13 bits per heavy atom. The molecule has 4 aromatic rings. The Kier molecular flexibility index (Phi) is 5.17. The number of carbonyl (C=O) groups is 1. The maximum Gasteiger partial charge on any atom is 0.260 e. The zero-order valence-electron chi connectivity index (χ0n) is 16.9. The summed E-state index contributed by atoms with van der Waals surface area (Å²) >= 11 is 1.46. The number of para-hydroxylation sites is 1. The lowest BCUT2D eigenvalue weighted by molar-refractivity contribution is 0.0985. The van der Waals surface area contributed by atoms with Crippen LogP contribution in [0.25, 0.3) is 10.2 Å². The second-order valence-corrected chi connectivity index (χ2v) is 7.84. The highest BCUT2D eigenvalue weighted by Crippen LogP contribution is 2.36. The summed E-state index contributed by atoms with van der Waals surface area (Å²) in [6, 6.07) is 12.9. The van der Waals surface area contributed by atoms with Gasteiger partial charge < -0.3 is 14.2 Å². The SMILES string of the molecule is CCOc1cccc2sc(N(CCn3cccn3)C(=O)c3ccc4c(c3)OCO4)nc12. The number of anilines is 1. The highest BCUT2D eigenvalue weighted by Gasteiger charge is 2.24. The molecule has 2 aromatic carbocycles. The van der Waals surface area contributed by atoms with Crippen LogP contribution in [0.5, 0.6) is 17.2 Å². The van der Waals surface area contributed by atoms with Crippen LogP contribution in [0.3, 0.4) is 0 Å². The van der Waals surface area contributed by atoms with E-state index in [1.165, 1.54) is 11.3 Å². The Hall–Kier alpha value is -3.59. The number of rotatable bonds is 7. The largest absolute Gasteiger partial charge is 0.492 e. The van der Waals surface area contributed by atoms with Crippen molar-refractivity contribution in [3.8, 4) is 17.2 Å². The van der Waals surface area contributed by atoms with Crippen LogP contribution in [0.4, 0.5) is 5.13 Å². The molecule has 3 heterocycles. The van der Waals surface area contributed by atoms with E-state index in [0.717, 1.165) is 10.2 Å². The second kappa shape index (κ2) is 8.27. The molecular weight excluding hydrogens is 416 g/mol. The predicted octanol–water partition coefficient (Wildman–Crippen LogP) is 3.97. The molecule has 158 valence electrons. The quantitative estimate of drug-likeness (QED) is 0.436. The fraction of sp³-hybridized carbons (Fsp3) is 0.227. The van der Waals surface area contributed by atoms with Crippen molar-refractivity contribution in [2.45, 2.75) is 13.5 Å². The van der Waals surface area contributed by atoms with E-state index in [-0.39, 0.29) is 12.7 Å². The summed E-state index contributed by atoms with van der Waals surface area (Å²) in [6.07, 6.45) is 3.59. The first-order valence-corrected chi connectivity index (χ1v) is 10.8. The second-order valence-electron chi connectivity index (χ2n) is 6.83. The summed E-state index contributed by atoms with van der Waals surface area (Å²) in [6.45, 7) is 3.60. The molecule has 1 aliphatic heterocycles. The Labute approximate surface area is 182 Å². The first kappa shape index (κ1) is 19.4. The van der Waals surface area contributed by atoms with Gasteiger partial charge in [-0.15, -0.1) is 0 Å². The highest BCUT2D eigenvalue weighted by molar-refractivity contribution is 7.22. The lowest BCUT2D eigenvalue weighted by Crippen LogP contribution is -2.34. The summed E-state index contributed by atoms with van der Waals surface area (Å²) in [7, 11) is 0. The minimum atomic E-state index is -0.164. The van der Waals surface area contributed by atoms with Gasteiger partial charge in [-0.05, 0) is 43.3 Å². The van der Waals surface area contributed by atoms with E-state index in [9.17, 15) is 4.79 Å². The van der Waals surface area contributed by atoms with Gasteiger partial charge in [-0.3, -0.25) is 14.4 Å². The topological polar surface area (TPSA) is 78.7 Å². The van der Waals surface area contributed by atoms with E-state index in [1.54, 1.807) is 34.0 Å². The molecule has 9 heteroatoms. The van der Waals surface area contributed by atoms with Crippen LogP contribution >= 0.6 is 11.3 Å². The highest BCUT2D eigenvalue weighted by atomic mass is 32.1. The number of thiazole rings is 1. The van der Waals surface area contributed by atoms with Gasteiger partial charge in [0.15, 0.2) is 16.6 Å². The first-order valence-electron chi connectivity index (χ1n) is 9.94. The first-order chi connectivity index (χ1) is 15.2. The molecule has 0 atom stereocenters. The molecule has 0 radical (unpaired) electrons. The van der Waals surface area contributed by atoms with Gasteiger partial charge >= 0.3 is 0 Å². The Morgan fingerprint density at radius 1 is 1.23 bits per heavy atom. The summed E-state index contributed by atoms with van der Waals surface area (Å²) in [5, 5.41) is 4.86. The number of hydrogen-bond acceptors (Lipinski definition) is 7. The van der Waals surface area contributed by atoms with Crippen molar-refractivity contribution in [1.82, 2.24) is 14.8 Å². The molecule has 5 rings (SSSR count). The minimum absolute atomic E-state index is 0.161. The molecule has 1 amide bonds. The monoisotopic (exact) mass is 436 g/mol. The number of ether oxygens (including phenoxy) is 3. The molecule has 1 aliphatic rings. The third-order valence-electron chi connectivity index (χ3n) is 4.88. The summed E-state index contributed by atoms with van der Waals surface area (Å²) < 4.78 is 19.3. The van der Waals surface area contributed by atoms with Crippen molar-refractivity contribution < 1.29 is 19.0 Å². The lowest BCUT2D eigenvalue weighted by Gasteiger charge is -2.20. The number of nitrogens with zero attached hydrogens (tertiary/aromatic N) is 4. The van der Waals surface area contributed by atoms with Gasteiger partial charge in [0.1, 0.15) is 11.3 Å². The van der Waals surface area contributed by atoms with Crippen molar-refractivity contribution in [3.05, 3.63) is 60.4 Å². The average molecular weight is 436 g/mol. The number of hydrogen-bond donors (Lipinski definition) is 0. The Balaban J connectivity index is 1.51. The molecule has 2 aromatic heterocycles. The van der Waals surface area contributed by atoms with E-state index in [4.69, 9.17) is 19.2 Å². The number of aromatic nitrogens is 3. The van der Waals surface area contributed by atoms with E-state index in [2.05, 4.69) is 5.10 Å². The Morgan fingerprint density at radius 3 is 2.97 bits per heavy atom. The van der Waals surface area contributed by atoms with E-state index in [1.807, 2.05) is 37.4 Å². The minimum Gasteiger partial charge on any atom is -0.492 e. The van der Waals surface area contributed by atoms with Crippen LogP contribution in [0.1, 0.15) is 17.3 Å². The molecule has 0 aliphatic carbocycles. The zero-order chi connectivity index (χ0) is 21.2. The van der Waals surface area contributed by atoms with Crippen molar-refractivity contribution >= 4 is 32.6 Å². The smallest absolute Gasteiger partial charge is 0.260 e. The van der Waals surface area contributed by atoms with Crippen molar-refractivity contribution in [1.29, 1.82) is 0 Å². The molecule has 0 saturated heterocycles. The van der Waals surface area contributed by atoms with Gasteiger partial charge in [-0.2, -0.15) is 5.10 Å². The standard InChI is InChI=1S/C22H20N4O4S/c1-2-28-17-5-3-6-19-20(17)24-22(31-19)26(12-11-25-10-4-9-23-25)21(27)15-7-8-16-18(13-15)30-14-29-16/h3-10,13H,2,11-12,14H2,1H3. The van der Waals surface area contributed by atoms with Crippen LogP contribution in [0.15, 0.2) is 54.9 Å². The van der Waals surface area contributed by atoms with Gasteiger partial charge in [0.05, 0.1) is 17.9 Å². The fourth-order valence-corrected chi connectivity index (χ4v) is 4.41. The lowest BCUT2D eigenvalue weighted by atomic mass is 10.2. The summed E-state index contributed by atoms with van der Waals surface area (Å²) in [5.74, 6) is 1.76. The van der Waals surface area contributed by atoms with Gasteiger partial charge in [-0.1, -0.05) is 17.4 Å². The molecule has 31 heavy (non-hydrogen) atoms. The zero-order valence-corrected chi connectivity index (χ0v) is 17.7. The molecule has 0 unspecified atom stereocenters. The molecule has 0 bridgehead atoms. The number of carbonyl (C=O) groups excluding carboxylic acids is 1. The van der Waals surface area contributed by atoms with E-state index >= 15 is 0 Å². The number of benzene rings is 2. The molecule has 0 fully saturated rings. The maximum absolute atomic E-state index is 13.5. The molecular formula is C22H20N4O4S. The molecule has 0 N–H and O–H groups in total. The van der Waals surface area contributed by atoms with Gasteiger partial charge in [0, 0.05) is 24.5 Å². The number of amides is 1. The summed E-state index contributed by atoms with van der Waals surface area (Å²) in [4.78, 5) is 20.0. The van der Waals surface area contributed by atoms with Crippen LogP contribution in [0, 0.1) is 0 Å². The van der Waals surface area contributed by atoms with Crippen molar-refractivity contribution in [2.75, 3.05) is 24.8 Å². The van der Waals surface area contributed by atoms with Gasteiger partial charge in [-0.25, -0.2) is 4.98 Å². The van der Waals surface area contributed by atoms with Gasteiger partial charge in [0.25, 0.3) is 5.91 Å². The maximum atomic E-state index is 13.5. The van der Waals surface area contributed by atoms with Crippen LogP contribution in [-0.4, -0.2) is 40.6 Å². The molecule has 8 nitrogen and oxygen atoms in total. The molecule has 0 saturated carbocycles.